The molecule has 4 nitrogen and oxygen atoms in total. The molecule has 2 aliphatic rings. The molecule has 0 aliphatic carbocycles. The molecular weight excluding hydrogens is 178 g/mol. The summed E-state index contributed by atoms with van der Waals surface area (Å²) in [6.45, 7) is 8.28. The summed E-state index contributed by atoms with van der Waals surface area (Å²) >= 11 is 0. The fraction of sp³-hybridized carbons (Fsp3) is 0.900. The number of rotatable bonds is 1. The Morgan fingerprint density at radius 1 is 1.29 bits per heavy atom. The summed E-state index contributed by atoms with van der Waals surface area (Å²) in [5.41, 5.74) is 0. The topological polar surface area (TPSA) is 26.8 Å². The third-order valence-electron chi connectivity index (χ3n) is 3.30. The van der Waals surface area contributed by atoms with E-state index in [0.29, 0.717) is 12.1 Å². The fourth-order valence-electron chi connectivity index (χ4n) is 2.37. The highest BCUT2D eigenvalue weighted by Gasteiger charge is 2.39. The van der Waals surface area contributed by atoms with Crippen molar-refractivity contribution in [2.24, 2.45) is 0 Å². The van der Waals surface area contributed by atoms with Crippen molar-refractivity contribution in [1.82, 2.24) is 14.7 Å². The molecule has 2 fully saturated rings. The van der Waals surface area contributed by atoms with Crippen LogP contribution < -0.4 is 0 Å². The zero-order valence-electron chi connectivity index (χ0n) is 9.23. The fourth-order valence-corrected chi connectivity index (χ4v) is 2.37. The number of nitrogens with zero attached hydrogens (tertiary/aromatic N) is 3. The standard InChI is InChI=1S/C10H19N3O/c1-8(2)12-4-5-13-9(7-12)6-11(3)10(13)14/h8-9H,4-7H2,1-3H3/t9-/m1/s1. The summed E-state index contributed by atoms with van der Waals surface area (Å²) in [5, 5.41) is 0. The molecule has 2 aliphatic heterocycles. The van der Waals surface area contributed by atoms with E-state index in [1.54, 1.807) is 0 Å². The highest BCUT2D eigenvalue weighted by atomic mass is 16.2. The third-order valence-corrected chi connectivity index (χ3v) is 3.30. The lowest BCUT2D eigenvalue weighted by molar-refractivity contribution is 0.0996. The first-order valence-corrected chi connectivity index (χ1v) is 5.35. The van der Waals surface area contributed by atoms with Gasteiger partial charge in [-0.25, -0.2) is 4.79 Å². The Kier molecular flexibility index (Phi) is 2.39. The van der Waals surface area contributed by atoms with E-state index in [4.69, 9.17) is 0 Å². The molecule has 2 heterocycles. The molecule has 2 rings (SSSR count). The Balaban J connectivity index is 2.03. The Morgan fingerprint density at radius 2 is 2.00 bits per heavy atom. The first-order valence-electron chi connectivity index (χ1n) is 5.35. The van der Waals surface area contributed by atoms with Crippen LogP contribution >= 0.6 is 0 Å². The van der Waals surface area contributed by atoms with Gasteiger partial charge >= 0.3 is 6.03 Å². The molecule has 0 aromatic heterocycles. The number of carbonyl (C=O) groups excluding carboxylic acids is 1. The van der Waals surface area contributed by atoms with E-state index >= 15 is 0 Å². The normalized spacial score (nSPS) is 28.9. The van der Waals surface area contributed by atoms with Crippen LogP contribution in [0, 0.1) is 0 Å². The summed E-state index contributed by atoms with van der Waals surface area (Å²) in [5.74, 6) is 0. The second-order valence-electron chi connectivity index (χ2n) is 4.60. The molecule has 0 radical (unpaired) electrons. The predicted molar refractivity (Wildman–Crippen MR) is 55.2 cm³/mol. The molecule has 0 aromatic rings. The van der Waals surface area contributed by atoms with Gasteiger partial charge in [0, 0.05) is 39.3 Å². The lowest BCUT2D eigenvalue weighted by atomic mass is 10.1. The van der Waals surface area contributed by atoms with Crippen LogP contribution in [0.25, 0.3) is 0 Å². The predicted octanol–water partition coefficient (Wildman–Crippen LogP) is 0.446. The maximum absolute atomic E-state index is 11.6. The van der Waals surface area contributed by atoms with E-state index in [1.165, 1.54) is 0 Å². The molecule has 0 saturated carbocycles. The SMILES string of the molecule is CC(C)N1CCN2C(=O)N(C)C[C@@H]2C1. The van der Waals surface area contributed by atoms with Crippen molar-refractivity contribution in [3.05, 3.63) is 0 Å². The van der Waals surface area contributed by atoms with Crippen molar-refractivity contribution in [3.8, 4) is 0 Å². The minimum absolute atomic E-state index is 0.207. The Hall–Kier alpha value is -0.770. The highest BCUT2D eigenvalue weighted by Crippen LogP contribution is 2.20. The Morgan fingerprint density at radius 3 is 2.64 bits per heavy atom. The number of likely N-dealkylation sites (N-methyl/N-ethyl adjacent to an activating group) is 1. The van der Waals surface area contributed by atoms with Crippen LogP contribution in [-0.2, 0) is 0 Å². The van der Waals surface area contributed by atoms with Gasteiger partial charge in [-0.2, -0.15) is 0 Å². The van der Waals surface area contributed by atoms with Gasteiger partial charge in [-0.05, 0) is 13.8 Å². The monoisotopic (exact) mass is 197 g/mol. The lowest BCUT2D eigenvalue weighted by Crippen LogP contribution is -2.53. The van der Waals surface area contributed by atoms with Crippen molar-refractivity contribution in [2.45, 2.75) is 25.9 Å². The number of piperazine rings is 1. The average molecular weight is 197 g/mol. The van der Waals surface area contributed by atoms with Crippen molar-refractivity contribution in [1.29, 1.82) is 0 Å². The first kappa shape index (κ1) is 9.77. The molecule has 0 unspecified atom stereocenters. The minimum atomic E-state index is 0.207. The zero-order valence-corrected chi connectivity index (χ0v) is 9.23. The van der Waals surface area contributed by atoms with E-state index in [0.717, 1.165) is 26.2 Å². The first-order chi connectivity index (χ1) is 6.59. The Labute approximate surface area is 85.5 Å². The highest BCUT2D eigenvalue weighted by molar-refractivity contribution is 5.77. The second-order valence-corrected chi connectivity index (χ2v) is 4.60. The molecule has 2 amide bonds. The maximum atomic E-state index is 11.6. The summed E-state index contributed by atoms with van der Waals surface area (Å²) in [7, 11) is 1.89. The molecule has 0 aromatic carbocycles. The molecule has 0 spiro atoms. The third kappa shape index (κ3) is 1.47. The van der Waals surface area contributed by atoms with Gasteiger partial charge in [0.25, 0.3) is 0 Å². The largest absolute Gasteiger partial charge is 0.326 e. The van der Waals surface area contributed by atoms with Crippen molar-refractivity contribution < 1.29 is 4.79 Å². The van der Waals surface area contributed by atoms with Crippen LogP contribution in [0.3, 0.4) is 0 Å². The Bertz CT molecular complexity index is 242. The van der Waals surface area contributed by atoms with Gasteiger partial charge in [0.2, 0.25) is 0 Å². The zero-order chi connectivity index (χ0) is 10.3. The van der Waals surface area contributed by atoms with Gasteiger partial charge in [0.1, 0.15) is 0 Å². The maximum Gasteiger partial charge on any atom is 0.320 e. The van der Waals surface area contributed by atoms with Crippen LogP contribution in [-0.4, -0.2) is 66.0 Å². The molecule has 0 bridgehead atoms. The van der Waals surface area contributed by atoms with Gasteiger partial charge in [-0.1, -0.05) is 0 Å². The average Bonchev–Trinajstić information content (AvgIpc) is 2.42. The number of amides is 2. The van der Waals surface area contributed by atoms with E-state index in [9.17, 15) is 4.79 Å². The van der Waals surface area contributed by atoms with Gasteiger partial charge in [0.15, 0.2) is 0 Å². The molecular formula is C10H19N3O. The number of urea groups is 1. The quantitative estimate of drug-likeness (QED) is 0.610. The lowest BCUT2D eigenvalue weighted by Gasteiger charge is -2.38. The van der Waals surface area contributed by atoms with Gasteiger partial charge in [-0.15, -0.1) is 0 Å². The minimum Gasteiger partial charge on any atom is -0.326 e. The van der Waals surface area contributed by atoms with Crippen LogP contribution in [0.5, 0.6) is 0 Å². The van der Waals surface area contributed by atoms with Crippen molar-refractivity contribution >= 4 is 6.03 Å². The van der Waals surface area contributed by atoms with Crippen molar-refractivity contribution in [3.63, 3.8) is 0 Å². The molecule has 80 valence electrons. The van der Waals surface area contributed by atoms with E-state index in [1.807, 2.05) is 16.8 Å². The van der Waals surface area contributed by atoms with Gasteiger partial charge in [-0.3, -0.25) is 4.90 Å². The summed E-state index contributed by atoms with van der Waals surface area (Å²) < 4.78 is 0. The van der Waals surface area contributed by atoms with Gasteiger partial charge in [0.05, 0.1) is 6.04 Å². The van der Waals surface area contributed by atoms with Crippen molar-refractivity contribution in [2.75, 3.05) is 33.2 Å². The summed E-state index contributed by atoms with van der Waals surface area (Å²) in [6.07, 6.45) is 0. The summed E-state index contributed by atoms with van der Waals surface area (Å²) in [4.78, 5) is 17.9. The number of carbonyl (C=O) groups is 1. The van der Waals surface area contributed by atoms with Crippen LogP contribution in [0.15, 0.2) is 0 Å². The number of fused-ring (bicyclic) bond motifs is 1. The number of hydrogen-bond acceptors (Lipinski definition) is 2. The van der Waals surface area contributed by atoms with Crippen LogP contribution in [0.2, 0.25) is 0 Å². The van der Waals surface area contributed by atoms with E-state index in [2.05, 4.69) is 18.7 Å². The molecule has 4 heteroatoms. The molecule has 1 atom stereocenters. The van der Waals surface area contributed by atoms with Gasteiger partial charge < -0.3 is 9.80 Å². The molecule has 0 N–H and O–H groups in total. The van der Waals surface area contributed by atoms with Crippen LogP contribution in [0.4, 0.5) is 4.79 Å². The summed E-state index contributed by atoms with van der Waals surface area (Å²) in [6, 6.07) is 1.22. The van der Waals surface area contributed by atoms with E-state index in [-0.39, 0.29) is 6.03 Å². The van der Waals surface area contributed by atoms with Crippen LogP contribution in [0.1, 0.15) is 13.8 Å². The molecule has 2 saturated heterocycles. The van der Waals surface area contributed by atoms with E-state index < -0.39 is 0 Å². The smallest absolute Gasteiger partial charge is 0.320 e. The molecule has 14 heavy (non-hydrogen) atoms. The second kappa shape index (κ2) is 3.42. The number of hydrogen-bond donors (Lipinski definition) is 0.